The predicted octanol–water partition coefficient (Wildman–Crippen LogP) is 12.5. The molecule has 0 radical (unpaired) electrons. The van der Waals surface area contributed by atoms with Crippen molar-refractivity contribution in [1.29, 1.82) is 5.26 Å². The summed E-state index contributed by atoms with van der Waals surface area (Å²) < 4.78 is 2.42. The molecule has 0 atom stereocenters. The number of pyridine rings is 1. The first-order valence-corrected chi connectivity index (χ1v) is 17.8. The van der Waals surface area contributed by atoms with E-state index in [1.54, 1.807) is 0 Å². The van der Waals surface area contributed by atoms with Crippen LogP contribution < -0.4 is 0 Å². The minimum Gasteiger partial charge on any atom is -0.309 e. The van der Waals surface area contributed by atoms with E-state index >= 15 is 0 Å². The van der Waals surface area contributed by atoms with E-state index in [0.717, 1.165) is 61.1 Å². The average Bonchev–Trinajstić information content (AvgIpc) is 3.64. The van der Waals surface area contributed by atoms with Crippen molar-refractivity contribution in [1.82, 2.24) is 9.55 Å². The van der Waals surface area contributed by atoms with Crippen LogP contribution in [0.25, 0.3) is 83.0 Å². The predicted molar refractivity (Wildman–Crippen MR) is 215 cm³/mol. The van der Waals surface area contributed by atoms with Crippen LogP contribution in [-0.2, 0) is 5.41 Å². The molecule has 0 saturated carbocycles. The first-order chi connectivity index (χ1) is 25.5. The van der Waals surface area contributed by atoms with Crippen LogP contribution in [0.15, 0.2) is 164 Å². The molecule has 2 aromatic heterocycles. The van der Waals surface area contributed by atoms with Crippen molar-refractivity contribution in [3.05, 3.63) is 180 Å². The summed E-state index contributed by atoms with van der Waals surface area (Å²) in [6.45, 7) is 4.68. The minimum absolute atomic E-state index is 0.0968. The van der Waals surface area contributed by atoms with E-state index in [1.807, 2.05) is 18.2 Å². The van der Waals surface area contributed by atoms with Crippen LogP contribution in [-0.4, -0.2) is 9.55 Å². The maximum absolute atomic E-state index is 9.84. The van der Waals surface area contributed by atoms with Crippen LogP contribution in [0.2, 0.25) is 0 Å². The second-order valence-electron chi connectivity index (χ2n) is 14.3. The van der Waals surface area contributed by atoms with Gasteiger partial charge in [0.2, 0.25) is 0 Å². The lowest BCUT2D eigenvalue weighted by Gasteiger charge is -2.21. The van der Waals surface area contributed by atoms with Gasteiger partial charge < -0.3 is 4.57 Å². The van der Waals surface area contributed by atoms with Crippen molar-refractivity contribution in [2.24, 2.45) is 0 Å². The van der Waals surface area contributed by atoms with Crippen molar-refractivity contribution in [2.75, 3.05) is 0 Å². The zero-order chi connectivity index (χ0) is 35.0. The molecule has 1 aliphatic rings. The van der Waals surface area contributed by atoms with Crippen molar-refractivity contribution in [3.8, 4) is 56.4 Å². The van der Waals surface area contributed by atoms with Gasteiger partial charge in [0.05, 0.1) is 33.9 Å². The van der Waals surface area contributed by atoms with Crippen LogP contribution in [0.3, 0.4) is 0 Å². The Morgan fingerprint density at radius 2 is 1.23 bits per heavy atom. The maximum atomic E-state index is 9.84. The molecule has 0 unspecified atom stereocenters. The van der Waals surface area contributed by atoms with Crippen molar-refractivity contribution >= 4 is 32.7 Å². The summed E-state index contributed by atoms with van der Waals surface area (Å²) in [6, 6.07) is 60.6. The van der Waals surface area contributed by atoms with Crippen molar-refractivity contribution < 1.29 is 0 Å². The van der Waals surface area contributed by atoms with Crippen LogP contribution in [0.1, 0.15) is 30.5 Å². The fraction of sp³-hybridized carbons (Fsp3) is 0.0612. The van der Waals surface area contributed by atoms with E-state index in [1.165, 1.54) is 33.0 Å². The van der Waals surface area contributed by atoms with Crippen LogP contribution in [0.4, 0.5) is 0 Å². The molecule has 3 heteroatoms. The minimum atomic E-state index is -0.0968. The highest BCUT2D eigenvalue weighted by Gasteiger charge is 2.36. The molecule has 0 spiro atoms. The van der Waals surface area contributed by atoms with Gasteiger partial charge in [-0.05, 0) is 105 Å². The lowest BCUT2D eigenvalue weighted by atomic mass is 9.82. The molecular weight excluding hydrogens is 631 g/mol. The second kappa shape index (κ2) is 11.4. The van der Waals surface area contributed by atoms with E-state index in [2.05, 4.69) is 170 Å². The summed E-state index contributed by atoms with van der Waals surface area (Å²) in [5.74, 6) is 0. The highest BCUT2D eigenvalue weighted by Crippen LogP contribution is 2.51. The first kappa shape index (κ1) is 30.1. The Bertz CT molecular complexity index is 2940. The maximum Gasteiger partial charge on any atom is 0.0991 e. The van der Waals surface area contributed by atoms with Gasteiger partial charge in [0.1, 0.15) is 0 Å². The third kappa shape index (κ3) is 4.55. The second-order valence-corrected chi connectivity index (χ2v) is 14.3. The number of fused-ring (bicyclic) bond motifs is 7. The molecule has 0 amide bonds. The Labute approximate surface area is 302 Å². The Kier molecular flexibility index (Phi) is 6.59. The topological polar surface area (TPSA) is 41.6 Å². The highest BCUT2D eigenvalue weighted by atomic mass is 15.0. The Balaban J connectivity index is 1.28. The molecule has 0 fully saturated rings. The number of hydrogen-bond acceptors (Lipinski definition) is 2. The monoisotopic (exact) mass is 663 g/mol. The van der Waals surface area contributed by atoms with E-state index < -0.39 is 0 Å². The third-order valence-electron chi connectivity index (χ3n) is 11.0. The molecule has 7 aromatic carbocycles. The van der Waals surface area contributed by atoms with Crippen LogP contribution in [0, 0.1) is 11.3 Å². The molecular formula is C49H33N3. The third-order valence-corrected chi connectivity index (χ3v) is 11.0. The van der Waals surface area contributed by atoms with Gasteiger partial charge in [0, 0.05) is 32.8 Å². The van der Waals surface area contributed by atoms with E-state index in [9.17, 15) is 5.26 Å². The molecule has 9 aromatic rings. The fourth-order valence-electron chi connectivity index (χ4n) is 8.44. The number of nitrogens with zero attached hydrogens (tertiary/aromatic N) is 3. The summed E-state index contributed by atoms with van der Waals surface area (Å²) in [5.41, 5.74) is 16.4. The smallest absolute Gasteiger partial charge is 0.0991 e. The number of benzene rings is 7. The Morgan fingerprint density at radius 3 is 2.10 bits per heavy atom. The van der Waals surface area contributed by atoms with Crippen molar-refractivity contribution in [2.45, 2.75) is 19.3 Å². The fourth-order valence-corrected chi connectivity index (χ4v) is 8.44. The summed E-state index contributed by atoms with van der Waals surface area (Å²) >= 11 is 0. The van der Waals surface area contributed by atoms with Gasteiger partial charge in [0.25, 0.3) is 0 Å². The molecule has 3 nitrogen and oxygen atoms in total. The van der Waals surface area contributed by atoms with Gasteiger partial charge in [-0.15, -0.1) is 0 Å². The van der Waals surface area contributed by atoms with Gasteiger partial charge in [-0.1, -0.05) is 117 Å². The van der Waals surface area contributed by atoms with E-state index in [-0.39, 0.29) is 5.41 Å². The van der Waals surface area contributed by atoms with Crippen LogP contribution in [0.5, 0.6) is 0 Å². The molecule has 0 N–H and O–H groups in total. The Hall–Kier alpha value is -6.76. The lowest BCUT2D eigenvalue weighted by molar-refractivity contribution is 0.661. The number of hydrogen-bond donors (Lipinski definition) is 0. The quantitative estimate of drug-likeness (QED) is 0.188. The molecule has 52 heavy (non-hydrogen) atoms. The lowest BCUT2D eigenvalue weighted by Crippen LogP contribution is -2.14. The van der Waals surface area contributed by atoms with Gasteiger partial charge in [-0.2, -0.15) is 5.26 Å². The first-order valence-electron chi connectivity index (χ1n) is 17.8. The molecule has 10 rings (SSSR count). The standard InChI is InChI=1S/C49H33N3/c1-49(2)43-20-9-6-17-37(43)41-29-48-42(27-44(41)49)39-19-8-11-22-47(39)52(48)36-25-34(33-16-12-13-31(23-33)30-50)24-35(26-36)46-28-40(32-14-4-3-5-15-32)38-18-7-10-21-45(38)51-46/h3-29H,1-2H3. The number of rotatable bonds is 4. The zero-order valence-electron chi connectivity index (χ0n) is 28.9. The largest absolute Gasteiger partial charge is 0.309 e. The Morgan fingerprint density at radius 1 is 0.500 bits per heavy atom. The zero-order valence-corrected chi connectivity index (χ0v) is 28.9. The van der Waals surface area contributed by atoms with Gasteiger partial charge >= 0.3 is 0 Å². The summed E-state index contributed by atoms with van der Waals surface area (Å²) in [5, 5.41) is 13.4. The van der Waals surface area contributed by atoms with Crippen molar-refractivity contribution in [3.63, 3.8) is 0 Å². The average molecular weight is 664 g/mol. The molecule has 0 saturated heterocycles. The van der Waals surface area contributed by atoms with E-state index in [4.69, 9.17) is 4.98 Å². The number of nitriles is 1. The van der Waals surface area contributed by atoms with Crippen LogP contribution >= 0.6 is 0 Å². The summed E-state index contributed by atoms with van der Waals surface area (Å²) in [4.78, 5) is 5.27. The van der Waals surface area contributed by atoms with E-state index in [0.29, 0.717) is 5.56 Å². The highest BCUT2D eigenvalue weighted by molar-refractivity contribution is 6.11. The number of aromatic nitrogens is 2. The normalized spacial score (nSPS) is 12.9. The summed E-state index contributed by atoms with van der Waals surface area (Å²) in [7, 11) is 0. The molecule has 0 bridgehead atoms. The molecule has 0 aliphatic heterocycles. The molecule has 2 heterocycles. The molecule has 244 valence electrons. The van der Waals surface area contributed by atoms with Gasteiger partial charge in [-0.3, -0.25) is 0 Å². The molecule has 1 aliphatic carbocycles. The van der Waals surface area contributed by atoms with Gasteiger partial charge in [0.15, 0.2) is 0 Å². The van der Waals surface area contributed by atoms with Gasteiger partial charge in [-0.25, -0.2) is 4.98 Å². The summed E-state index contributed by atoms with van der Waals surface area (Å²) in [6.07, 6.45) is 0. The SMILES string of the molecule is CC1(C)c2ccccc2-c2cc3c(cc21)c1ccccc1n3-c1cc(-c2cccc(C#N)c2)cc(-c2cc(-c3ccccc3)c3ccccc3n2)c1. The number of para-hydroxylation sites is 2.